The van der Waals surface area contributed by atoms with E-state index in [1.165, 1.54) is 10.7 Å². The van der Waals surface area contributed by atoms with Gasteiger partial charge in [-0.15, -0.1) is 0 Å². The van der Waals surface area contributed by atoms with Crippen molar-refractivity contribution in [2.45, 2.75) is 20.6 Å². The van der Waals surface area contributed by atoms with E-state index in [0.717, 1.165) is 5.56 Å². The van der Waals surface area contributed by atoms with Gasteiger partial charge in [0, 0.05) is 6.20 Å². The number of nitrogens with one attached hydrogen (secondary N) is 1. The van der Waals surface area contributed by atoms with Gasteiger partial charge < -0.3 is 19.6 Å². The summed E-state index contributed by atoms with van der Waals surface area (Å²) in [6.07, 6.45) is 3.13. The molecule has 10 heteroatoms. The molecular formula is C20H21N5O5. The van der Waals surface area contributed by atoms with Crippen molar-refractivity contribution in [1.29, 1.82) is 0 Å². The largest absolute Gasteiger partial charge is 0.426 e. The van der Waals surface area contributed by atoms with Gasteiger partial charge in [0.05, 0.1) is 31.2 Å². The number of aliphatic hydroxyl groups excluding tert-OH is 1. The van der Waals surface area contributed by atoms with Gasteiger partial charge in [0.15, 0.2) is 11.2 Å². The number of aromatic nitrogens is 5. The number of H-pyrrole nitrogens is 1. The predicted molar refractivity (Wildman–Crippen MR) is 108 cm³/mol. The van der Waals surface area contributed by atoms with Gasteiger partial charge in [-0.3, -0.25) is 14.2 Å². The van der Waals surface area contributed by atoms with Crippen LogP contribution in [-0.2, 0) is 16.3 Å². The Morgan fingerprint density at radius 3 is 2.73 bits per heavy atom. The van der Waals surface area contributed by atoms with Crippen LogP contribution in [0.15, 0.2) is 41.6 Å². The van der Waals surface area contributed by atoms with E-state index in [4.69, 9.17) is 14.6 Å². The fourth-order valence-electron chi connectivity index (χ4n) is 2.90. The molecule has 0 bridgehead atoms. The van der Waals surface area contributed by atoms with Crippen LogP contribution in [0, 0.1) is 5.92 Å². The van der Waals surface area contributed by atoms with E-state index < -0.39 is 0 Å². The van der Waals surface area contributed by atoms with Crippen molar-refractivity contribution in [3.8, 4) is 17.0 Å². The lowest BCUT2D eigenvalue weighted by Gasteiger charge is -2.06. The Morgan fingerprint density at radius 2 is 2.03 bits per heavy atom. The van der Waals surface area contributed by atoms with Crippen LogP contribution in [0.1, 0.15) is 13.8 Å². The minimum absolute atomic E-state index is 0.0948. The van der Waals surface area contributed by atoms with E-state index in [-0.39, 0.29) is 42.9 Å². The van der Waals surface area contributed by atoms with Gasteiger partial charge in [-0.1, -0.05) is 13.8 Å². The smallest absolute Gasteiger partial charge is 0.313 e. The van der Waals surface area contributed by atoms with Crippen molar-refractivity contribution in [3.05, 3.63) is 47.1 Å². The second kappa shape index (κ2) is 8.09. The van der Waals surface area contributed by atoms with Crippen LogP contribution < -0.4 is 10.3 Å². The molecule has 0 amide bonds. The first-order chi connectivity index (χ1) is 14.5. The lowest BCUT2D eigenvalue weighted by Crippen LogP contribution is -2.14. The standard InChI is InChI=1S/C20H21N5O5/c1-12(2)19(28)30-14-5-3-13(4-6-14)15-9-25-18(27)16-17(23-20(25)22-15)24(10-21-16)11-29-8-7-26/h3-6,9-10,12,26H,7-8,11H2,1-2H3,(H,22,23). The second-order valence-corrected chi connectivity index (χ2v) is 7.03. The topological polar surface area (TPSA) is 124 Å². The number of rotatable bonds is 7. The number of carbonyl (C=O) groups is 1. The van der Waals surface area contributed by atoms with E-state index in [0.29, 0.717) is 22.9 Å². The quantitative estimate of drug-likeness (QED) is 0.269. The van der Waals surface area contributed by atoms with E-state index in [1.54, 1.807) is 48.9 Å². The highest BCUT2D eigenvalue weighted by atomic mass is 16.5. The number of hydrogen-bond donors (Lipinski definition) is 2. The molecule has 0 aliphatic heterocycles. The van der Waals surface area contributed by atoms with Crippen molar-refractivity contribution in [1.82, 2.24) is 23.9 Å². The predicted octanol–water partition coefficient (Wildman–Crippen LogP) is 1.57. The molecule has 0 radical (unpaired) electrons. The number of esters is 1. The van der Waals surface area contributed by atoms with E-state index in [1.807, 2.05) is 0 Å². The Morgan fingerprint density at radius 1 is 1.27 bits per heavy atom. The van der Waals surface area contributed by atoms with Crippen LogP contribution in [0.5, 0.6) is 5.75 Å². The molecule has 156 valence electrons. The Labute approximate surface area is 170 Å². The van der Waals surface area contributed by atoms with Crippen LogP contribution in [0.4, 0.5) is 0 Å². The molecule has 10 nitrogen and oxygen atoms in total. The van der Waals surface area contributed by atoms with Gasteiger partial charge in [-0.2, -0.15) is 4.98 Å². The Kier molecular flexibility index (Phi) is 5.34. The van der Waals surface area contributed by atoms with Crippen molar-refractivity contribution in [2.75, 3.05) is 13.2 Å². The zero-order chi connectivity index (χ0) is 21.3. The van der Waals surface area contributed by atoms with Gasteiger partial charge in [0.1, 0.15) is 12.5 Å². The lowest BCUT2D eigenvalue weighted by molar-refractivity contribution is -0.137. The number of aromatic amines is 1. The number of carbonyl (C=O) groups excluding carboxylic acids is 1. The van der Waals surface area contributed by atoms with Crippen molar-refractivity contribution >= 4 is 22.9 Å². The molecule has 30 heavy (non-hydrogen) atoms. The fourth-order valence-corrected chi connectivity index (χ4v) is 2.90. The summed E-state index contributed by atoms with van der Waals surface area (Å²) in [6, 6.07) is 6.97. The first-order valence-corrected chi connectivity index (χ1v) is 9.45. The van der Waals surface area contributed by atoms with E-state index in [9.17, 15) is 9.59 Å². The first kappa shape index (κ1) is 19.8. The van der Waals surface area contributed by atoms with Gasteiger partial charge in [0.25, 0.3) is 5.56 Å². The van der Waals surface area contributed by atoms with Crippen molar-refractivity contribution < 1.29 is 19.4 Å². The summed E-state index contributed by atoms with van der Waals surface area (Å²) in [5, 5.41) is 8.84. The summed E-state index contributed by atoms with van der Waals surface area (Å²) in [5.74, 6) is 0.304. The summed E-state index contributed by atoms with van der Waals surface area (Å²) in [7, 11) is 0. The Bertz CT molecular complexity index is 1250. The van der Waals surface area contributed by atoms with Gasteiger partial charge in [0.2, 0.25) is 5.78 Å². The molecule has 4 rings (SSSR count). The number of imidazole rings is 2. The van der Waals surface area contributed by atoms with Crippen LogP contribution in [0.3, 0.4) is 0 Å². The van der Waals surface area contributed by atoms with E-state index >= 15 is 0 Å². The molecule has 1 aromatic carbocycles. The van der Waals surface area contributed by atoms with Gasteiger partial charge in [-0.25, -0.2) is 9.38 Å². The minimum atomic E-state index is -0.305. The molecule has 0 fully saturated rings. The Balaban J connectivity index is 1.66. The highest BCUT2D eigenvalue weighted by Gasteiger charge is 2.15. The minimum Gasteiger partial charge on any atom is -0.426 e. The van der Waals surface area contributed by atoms with Crippen molar-refractivity contribution in [2.24, 2.45) is 5.92 Å². The lowest BCUT2D eigenvalue weighted by atomic mass is 10.1. The molecule has 0 atom stereocenters. The zero-order valence-electron chi connectivity index (χ0n) is 16.5. The number of aliphatic hydroxyl groups is 1. The number of fused-ring (bicyclic) bond motifs is 2. The van der Waals surface area contributed by atoms with Crippen molar-refractivity contribution in [3.63, 3.8) is 0 Å². The second-order valence-electron chi connectivity index (χ2n) is 7.03. The maximum absolute atomic E-state index is 12.8. The zero-order valence-corrected chi connectivity index (χ0v) is 16.5. The third-order valence-electron chi connectivity index (χ3n) is 4.50. The number of ether oxygens (including phenoxy) is 2. The van der Waals surface area contributed by atoms with Crippen LogP contribution in [0.25, 0.3) is 28.2 Å². The average molecular weight is 411 g/mol. The van der Waals surface area contributed by atoms with Crippen LogP contribution in [0.2, 0.25) is 0 Å². The summed E-state index contributed by atoms with van der Waals surface area (Å²) in [5.41, 5.74) is 1.79. The monoisotopic (exact) mass is 411 g/mol. The molecule has 0 saturated carbocycles. The molecule has 0 unspecified atom stereocenters. The molecule has 0 spiro atoms. The fraction of sp³-hybridized carbons (Fsp3) is 0.300. The molecule has 0 saturated heterocycles. The van der Waals surface area contributed by atoms with Gasteiger partial charge in [-0.05, 0) is 29.8 Å². The number of nitrogens with zero attached hydrogens (tertiary/aromatic N) is 4. The third-order valence-corrected chi connectivity index (χ3v) is 4.50. The molecule has 0 aliphatic rings. The summed E-state index contributed by atoms with van der Waals surface area (Å²) in [4.78, 5) is 36.3. The highest BCUT2D eigenvalue weighted by Crippen LogP contribution is 2.22. The number of hydrogen-bond acceptors (Lipinski definition) is 7. The van der Waals surface area contributed by atoms with Crippen LogP contribution >= 0.6 is 0 Å². The summed E-state index contributed by atoms with van der Waals surface area (Å²) in [6.45, 7) is 3.75. The number of benzene rings is 1. The highest BCUT2D eigenvalue weighted by molar-refractivity contribution is 5.75. The normalized spacial score (nSPS) is 11.6. The van der Waals surface area contributed by atoms with E-state index in [2.05, 4.69) is 15.0 Å². The molecule has 3 heterocycles. The first-order valence-electron chi connectivity index (χ1n) is 9.45. The van der Waals surface area contributed by atoms with Crippen LogP contribution in [-0.4, -0.2) is 48.2 Å². The average Bonchev–Trinajstić information content (AvgIpc) is 3.34. The maximum atomic E-state index is 12.8. The third kappa shape index (κ3) is 3.70. The molecule has 0 aliphatic carbocycles. The Hall–Kier alpha value is -3.50. The maximum Gasteiger partial charge on any atom is 0.313 e. The summed E-state index contributed by atoms with van der Waals surface area (Å²) >= 11 is 0. The van der Waals surface area contributed by atoms with Gasteiger partial charge >= 0.3 is 5.97 Å². The molecular weight excluding hydrogens is 390 g/mol. The molecule has 3 aromatic heterocycles. The molecule has 4 aromatic rings. The SMILES string of the molecule is CC(C)C(=O)Oc1ccc(-c2cn3c(=O)c4ncn(COCCO)c4nc3[nH]2)cc1. The molecule has 2 N–H and O–H groups in total. The summed E-state index contributed by atoms with van der Waals surface area (Å²) < 4.78 is 13.6.